The fourth-order valence-corrected chi connectivity index (χ4v) is 3.86. The number of rotatable bonds is 3. The molecule has 2 aromatic carbocycles. The molecular formula is C22H14BrClN2O3. The van der Waals surface area contributed by atoms with E-state index in [9.17, 15) is 14.7 Å². The van der Waals surface area contributed by atoms with E-state index in [-0.39, 0.29) is 11.3 Å². The summed E-state index contributed by atoms with van der Waals surface area (Å²) in [5.41, 5.74) is 1.06. The van der Waals surface area contributed by atoms with Crippen molar-refractivity contribution >= 4 is 50.8 Å². The van der Waals surface area contributed by atoms with E-state index in [1.54, 1.807) is 60.8 Å². The Balaban J connectivity index is 1.95. The second kappa shape index (κ2) is 7.81. The Labute approximate surface area is 180 Å². The van der Waals surface area contributed by atoms with Crippen molar-refractivity contribution in [3.63, 3.8) is 0 Å². The summed E-state index contributed by atoms with van der Waals surface area (Å²) >= 11 is 9.36. The summed E-state index contributed by atoms with van der Waals surface area (Å²) in [5.74, 6) is -1.45. The maximum absolute atomic E-state index is 13.0. The largest absolute Gasteiger partial charge is 0.507 e. The van der Waals surface area contributed by atoms with Gasteiger partial charge in [-0.15, -0.1) is 0 Å². The van der Waals surface area contributed by atoms with Gasteiger partial charge in [0.05, 0.1) is 11.6 Å². The third-order valence-electron chi connectivity index (χ3n) is 4.62. The number of benzene rings is 2. The highest BCUT2D eigenvalue weighted by Gasteiger charge is 2.47. The molecule has 29 heavy (non-hydrogen) atoms. The van der Waals surface area contributed by atoms with Gasteiger partial charge < -0.3 is 5.11 Å². The highest BCUT2D eigenvalue weighted by molar-refractivity contribution is 9.10. The zero-order valence-electron chi connectivity index (χ0n) is 14.9. The maximum atomic E-state index is 13.0. The lowest BCUT2D eigenvalue weighted by Crippen LogP contribution is -2.30. The van der Waals surface area contributed by atoms with E-state index in [1.807, 2.05) is 12.1 Å². The molecule has 0 aliphatic carbocycles. The van der Waals surface area contributed by atoms with Crippen LogP contribution in [-0.2, 0) is 9.59 Å². The monoisotopic (exact) mass is 468 g/mol. The smallest absolute Gasteiger partial charge is 0.301 e. The molecule has 0 spiro atoms. The fourth-order valence-electron chi connectivity index (χ4n) is 3.32. The molecule has 0 saturated carbocycles. The lowest BCUT2D eigenvalue weighted by molar-refractivity contribution is -0.132. The third-order valence-corrected chi connectivity index (χ3v) is 5.37. The summed E-state index contributed by atoms with van der Waals surface area (Å²) in [6.07, 6.45) is 1.55. The van der Waals surface area contributed by atoms with E-state index < -0.39 is 17.7 Å². The van der Waals surface area contributed by atoms with Gasteiger partial charge in [0.15, 0.2) is 0 Å². The summed E-state index contributed by atoms with van der Waals surface area (Å²) < 4.78 is 0.785. The zero-order valence-corrected chi connectivity index (χ0v) is 17.3. The van der Waals surface area contributed by atoms with Crippen LogP contribution in [-0.4, -0.2) is 21.8 Å². The first-order valence-corrected chi connectivity index (χ1v) is 9.88. The van der Waals surface area contributed by atoms with Crippen LogP contribution in [0.25, 0.3) is 5.76 Å². The summed E-state index contributed by atoms with van der Waals surface area (Å²) in [4.78, 5) is 31.5. The second-order valence-electron chi connectivity index (χ2n) is 6.42. The van der Waals surface area contributed by atoms with E-state index in [1.165, 1.54) is 4.90 Å². The van der Waals surface area contributed by atoms with E-state index in [0.29, 0.717) is 22.0 Å². The van der Waals surface area contributed by atoms with Crippen LogP contribution in [0.5, 0.6) is 0 Å². The number of Topliss-reactive ketones (excluding diaryl/α,β-unsaturated/α-hetero) is 1. The van der Waals surface area contributed by atoms with Gasteiger partial charge >= 0.3 is 5.91 Å². The maximum Gasteiger partial charge on any atom is 0.301 e. The van der Waals surface area contributed by atoms with Crippen LogP contribution in [0, 0.1) is 0 Å². The quantitative estimate of drug-likeness (QED) is 0.328. The van der Waals surface area contributed by atoms with Crippen molar-refractivity contribution in [2.45, 2.75) is 6.04 Å². The molecule has 4 rings (SSSR count). The first-order chi connectivity index (χ1) is 14.0. The lowest BCUT2D eigenvalue weighted by Gasteiger charge is -2.24. The molecule has 1 aliphatic rings. The molecule has 1 fully saturated rings. The standard InChI is InChI=1S/C22H14BrClN2O3/c23-15-5-3-4-14(12-15)19-18(20(27)13-7-9-16(24)10-8-13)21(28)22(29)26(19)17-6-1-2-11-25-17/h1-12,19,27H. The molecule has 3 aromatic rings. The number of ketones is 1. The number of pyridine rings is 1. The fraction of sp³-hybridized carbons (Fsp3) is 0.0455. The number of anilines is 1. The Kier molecular flexibility index (Phi) is 5.22. The molecule has 144 valence electrons. The Morgan fingerprint density at radius 1 is 1.03 bits per heavy atom. The van der Waals surface area contributed by atoms with Gasteiger partial charge in [0, 0.05) is 21.3 Å². The number of carbonyl (C=O) groups excluding carboxylic acids is 2. The lowest BCUT2D eigenvalue weighted by atomic mass is 9.95. The van der Waals surface area contributed by atoms with E-state index in [4.69, 9.17) is 11.6 Å². The Bertz CT molecular complexity index is 1130. The Morgan fingerprint density at radius 3 is 2.45 bits per heavy atom. The molecule has 1 aromatic heterocycles. The predicted octanol–water partition coefficient (Wildman–Crippen LogP) is 5.12. The average Bonchev–Trinajstić information content (AvgIpc) is 2.99. The van der Waals surface area contributed by atoms with Crippen LogP contribution in [0.2, 0.25) is 5.02 Å². The minimum Gasteiger partial charge on any atom is -0.507 e. The molecule has 1 atom stereocenters. The van der Waals surface area contributed by atoms with Crippen LogP contribution in [0.1, 0.15) is 17.2 Å². The SMILES string of the molecule is O=C1C(=O)N(c2ccccn2)C(c2cccc(Br)c2)C1=C(O)c1ccc(Cl)cc1. The molecule has 1 aliphatic heterocycles. The Hall–Kier alpha value is -2.96. The number of amides is 1. The average molecular weight is 470 g/mol. The minimum absolute atomic E-state index is 0.000996. The zero-order chi connectivity index (χ0) is 20.5. The van der Waals surface area contributed by atoms with Crippen molar-refractivity contribution in [3.8, 4) is 0 Å². The number of aromatic nitrogens is 1. The first kappa shape index (κ1) is 19.4. The third kappa shape index (κ3) is 3.57. The van der Waals surface area contributed by atoms with E-state index in [0.717, 1.165) is 4.47 Å². The van der Waals surface area contributed by atoms with E-state index in [2.05, 4.69) is 20.9 Å². The van der Waals surface area contributed by atoms with Gasteiger partial charge in [0.1, 0.15) is 11.6 Å². The highest BCUT2D eigenvalue weighted by atomic mass is 79.9. The molecule has 1 unspecified atom stereocenters. The molecule has 0 radical (unpaired) electrons. The van der Waals surface area contributed by atoms with Crippen LogP contribution in [0.15, 0.2) is 83.0 Å². The molecule has 0 bridgehead atoms. The van der Waals surface area contributed by atoms with Gasteiger partial charge in [-0.3, -0.25) is 14.5 Å². The first-order valence-electron chi connectivity index (χ1n) is 8.71. The van der Waals surface area contributed by atoms with Crippen molar-refractivity contribution in [2.24, 2.45) is 0 Å². The highest BCUT2D eigenvalue weighted by Crippen LogP contribution is 2.42. The normalized spacial score (nSPS) is 18.3. The van der Waals surface area contributed by atoms with Crippen LogP contribution in [0.4, 0.5) is 5.82 Å². The van der Waals surface area contributed by atoms with Gasteiger partial charge in [-0.1, -0.05) is 45.7 Å². The number of aliphatic hydroxyl groups excluding tert-OH is 1. The summed E-state index contributed by atoms with van der Waals surface area (Å²) in [5, 5.41) is 11.5. The number of aliphatic hydroxyl groups is 1. The summed E-state index contributed by atoms with van der Waals surface area (Å²) in [6.45, 7) is 0. The Morgan fingerprint density at radius 2 is 1.79 bits per heavy atom. The van der Waals surface area contributed by atoms with Crippen molar-refractivity contribution in [2.75, 3.05) is 4.90 Å². The van der Waals surface area contributed by atoms with Gasteiger partial charge in [0.25, 0.3) is 5.78 Å². The van der Waals surface area contributed by atoms with Gasteiger partial charge in [-0.25, -0.2) is 4.98 Å². The van der Waals surface area contributed by atoms with Crippen molar-refractivity contribution in [3.05, 3.63) is 99.1 Å². The number of carbonyl (C=O) groups is 2. The number of halogens is 2. The molecular weight excluding hydrogens is 456 g/mol. The topological polar surface area (TPSA) is 70.5 Å². The summed E-state index contributed by atoms with van der Waals surface area (Å²) in [6, 6.07) is 18.0. The van der Waals surface area contributed by atoms with Crippen LogP contribution >= 0.6 is 27.5 Å². The predicted molar refractivity (Wildman–Crippen MR) is 115 cm³/mol. The molecule has 2 heterocycles. The summed E-state index contributed by atoms with van der Waals surface area (Å²) in [7, 11) is 0. The molecule has 1 saturated heterocycles. The molecule has 5 nitrogen and oxygen atoms in total. The second-order valence-corrected chi connectivity index (χ2v) is 7.77. The molecule has 7 heteroatoms. The number of hydrogen-bond donors (Lipinski definition) is 1. The van der Waals surface area contributed by atoms with Crippen LogP contribution < -0.4 is 4.90 Å². The van der Waals surface area contributed by atoms with E-state index >= 15 is 0 Å². The van der Waals surface area contributed by atoms with Crippen LogP contribution in [0.3, 0.4) is 0 Å². The van der Waals surface area contributed by atoms with Crippen molar-refractivity contribution in [1.29, 1.82) is 0 Å². The van der Waals surface area contributed by atoms with Gasteiger partial charge in [0.2, 0.25) is 0 Å². The van der Waals surface area contributed by atoms with Crippen molar-refractivity contribution in [1.82, 2.24) is 4.98 Å². The van der Waals surface area contributed by atoms with Gasteiger partial charge in [-0.05, 0) is 54.1 Å². The molecule has 1 amide bonds. The number of hydrogen-bond acceptors (Lipinski definition) is 4. The number of nitrogens with zero attached hydrogens (tertiary/aromatic N) is 2. The molecule has 1 N–H and O–H groups in total. The van der Waals surface area contributed by atoms with Crippen molar-refractivity contribution < 1.29 is 14.7 Å². The minimum atomic E-state index is -0.821. The van der Waals surface area contributed by atoms with Gasteiger partial charge in [-0.2, -0.15) is 0 Å².